The van der Waals surface area contributed by atoms with Crippen molar-refractivity contribution in [2.45, 2.75) is 87.2 Å². The molecule has 35 heavy (non-hydrogen) atoms. The van der Waals surface area contributed by atoms with Gasteiger partial charge in [-0.3, -0.25) is 9.59 Å². The lowest BCUT2D eigenvalue weighted by Gasteiger charge is -2.47. The van der Waals surface area contributed by atoms with Crippen LogP contribution in [0.4, 0.5) is 0 Å². The van der Waals surface area contributed by atoms with Crippen molar-refractivity contribution in [2.24, 2.45) is 0 Å². The summed E-state index contributed by atoms with van der Waals surface area (Å²) in [6.07, 6.45) is -14.9. The SMILES string of the molecule is CC(=O)N[C@@H]1[C@@H](O)[C@H](O)[C@@H](CO[C@]2(C(=O)O)C[C@H](O)[C@@H](NC(C)=O)[C@H]([C@H](O)[C@H](O)CO)O2)O[C@H]1O. The first-order valence-corrected chi connectivity index (χ1v) is 10.7. The molecular weight excluding hydrogens is 480 g/mol. The molecule has 0 aliphatic carbocycles. The van der Waals surface area contributed by atoms with E-state index >= 15 is 0 Å². The summed E-state index contributed by atoms with van der Waals surface area (Å²) in [4.78, 5) is 34.9. The van der Waals surface area contributed by atoms with E-state index in [-0.39, 0.29) is 0 Å². The smallest absolute Gasteiger partial charge is 0.364 e. The number of hydrogen-bond acceptors (Lipinski definition) is 13. The van der Waals surface area contributed by atoms with Gasteiger partial charge >= 0.3 is 5.97 Å². The van der Waals surface area contributed by atoms with Crippen LogP contribution >= 0.6 is 0 Å². The first kappa shape index (κ1) is 29.2. The zero-order chi connectivity index (χ0) is 26.7. The van der Waals surface area contributed by atoms with E-state index in [1.54, 1.807) is 0 Å². The number of amides is 2. The van der Waals surface area contributed by atoms with Gasteiger partial charge in [-0.2, -0.15) is 0 Å². The monoisotopic (exact) mass is 512 g/mol. The van der Waals surface area contributed by atoms with Crippen molar-refractivity contribution in [1.29, 1.82) is 0 Å². The maximum Gasteiger partial charge on any atom is 0.364 e. The molecule has 16 nitrogen and oxygen atoms in total. The Morgan fingerprint density at radius 3 is 2.11 bits per heavy atom. The Morgan fingerprint density at radius 1 is 1.03 bits per heavy atom. The van der Waals surface area contributed by atoms with Crippen LogP contribution in [0.3, 0.4) is 0 Å². The number of ether oxygens (including phenoxy) is 3. The van der Waals surface area contributed by atoms with Crippen LogP contribution in [-0.4, -0.2) is 139 Å². The van der Waals surface area contributed by atoms with Crippen molar-refractivity contribution in [3.63, 3.8) is 0 Å². The van der Waals surface area contributed by atoms with Crippen molar-refractivity contribution < 1.29 is 69.4 Å². The number of hydrogen-bond donors (Lipinski definition) is 10. The van der Waals surface area contributed by atoms with E-state index in [4.69, 9.17) is 19.3 Å². The van der Waals surface area contributed by atoms with Gasteiger partial charge in [0, 0.05) is 20.3 Å². The molecule has 10 N–H and O–H groups in total. The van der Waals surface area contributed by atoms with E-state index in [1.165, 1.54) is 0 Å². The van der Waals surface area contributed by atoms with Gasteiger partial charge < -0.3 is 65.7 Å². The molecule has 0 aromatic heterocycles. The largest absolute Gasteiger partial charge is 0.477 e. The molecule has 0 aromatic rings. The van der Waals surface area contributed by atoms with Gasteiger partial charge in [0.05, 0.1) is 25.4 Å². The Hall–Kier alpha value is -1.99. The van der Waals surface area contributed by atoms with Gasteiger partial charge in [-0.25, -0.2) is 4.79 Å². The van der Waals surface area contributed by atoms with E-state index in [9.17, 15) is 50.1 Å². The number of carbonyl (C=O) groups is 3. The van der Waals surface area contributed by atoms with Crippen LogP contribution in [-0.2, 0) is 28.6 Å². The Labute approximate surface area is 199 Å². The summed E-state index contributed by atoms with van der Waals surface area (Å²) in [5.41, 5.74) is 0. The quantitative estimate of drug-likeness (QED) is 0.138. The Bertz CT molecular complexity index is 770. The molecule has 0 unspecified atom stereocenters. The minimum absolute atomic E-state index is 0.628. The van der Waals surface area contributed by atoms with Crippen LogP contribution in [0.5, 0.6) is 0 Å². The third-order valence-corrected chi connectivity index (χ3v) is 5.76. The minimum Gasteiger partial charge on any atom is -0.477 e. The first-order valence-electron chi connectivity index (χ1n) is 10.7. The number of carboxylic acid groups (broad SMARTS) is 1. The molecule has 0 radical (unpaired) electrons. The molecule has 2 saturated heterocycles. The molecule has 0 aromatic carbocycles. The topological polar surface area (TPSA) is 265 Å². The van der Waals surface area contributed by atoms with Crippen LogP contribution < -0.4 is 10.6 Å². The third-order valence-electron chi connectivity index (χ3n) is 5.76. The lowest BCUT2D eigenvalue weighted by molar-refractivity contribution is -0.328. The number of rotatable bonds is 9. The Kier molecular flexibility index (Phi) is 9.88. The van der Waals surface area contributed by atoms with E-state index in [0.29, 0.717) is 0 Å². The second-order valence-corrected chi connectivity index (χ2v) is 8.46. The van der Waals surface area contributed by atoms with Crippen LogP contribution in [0.25, 0.3) is 0 Å². The first-order chi connectivity index (χ1) is 16.2. The van der Waals surface area contributed by atoms with Crippen LogP contribution in [0.1, 0.15) is 20.3 Å². The summed E-state index contributed by atoms with van der Waals surface area (Å²) in [5.74, 6) is -5.80. The highest BCUT2D eigenvalue weighted by Crippen LogP contribution is 2.34. The number of aliphatic hydroxyl groups excluding tert-OH is 7. The third kappa shape index (κ3) is 6.62. The lowest BCUT2D eigenvalue weighted by atomic mass is 9.88. The minimum atomic E-state index is -2.71. The van der Waals surface area contributed by atoms with Gasteiger partial charge in [-0.05, 0) is 0 Å². The zero-order valence-electron chi connectivity index (χ0n) is 18.9. The number of aliphatic carboxylic acids is 1. The molecule has 2 fully saturated rings. The van der Waals surface area contributed by atoms with E-state index in [0.717, 1.165) is 13.8 Å². The summed E-state index contributed by atoms with van der Waals surface area (Å²) in [6, 6.07) is -2.80. The van der Waals surface area contributed by atoms with Crippen molar-refractivity contribution in [2.75, 3.05) is 13.2 Å². The Balaban J connectivity index is 2.25. The van der Waals surface area contributed by atoms with Gasteiger partial charge in [0.15, 0.2) is 6.29 Å². The van der Waals surface area contributed by atoms with Crippen molar-refractivity contribution >= 4 is 17.8 Å². The molecular formula is C19H32N2O14. The number of nitrogens with one attached hydrogen (secondary N) is 2. The van der Waals surface area contributed by atoms with Crippen LogP contribution in [0.2, 0.25) is 0 Å². The normalized spacial score (nSPS) is 39.3. The summed E-state index contributed by atoms with van der Waals surface area (Å²) < 4.78 is 15.9. The van der Waals surface area contributed by atoms with E-state index in [2.05, 4.69) is 10.6 Å². The number of carbonyl (C=O) groups excluding carboxylic acids is 2. The number of aliphatic hydroxyl groups is 7. The molecule has 2 rings (SSSR count). The standard InChI is InChI=1S/C19H32N2O14/c1-6(23)20-11-8(25)3-19(18(31)32,35-16(11)13(27)9(26)4-22)33-5-10-14(28)15(29)12(17(30)34-10)21-7(2)24/h8-17,22,25-30H,3-5H2,1-2H3,(H,20,23)(H,21,24)(H,31,32)/t8-,9+,10+,11+,12+,13+,14+,15+,16+,17+,19+/m0/s1. The molecule has 2 aliphatic rings. The van der Waals surface area contributed by atoms with Crippen molar-refractivity contribution in [1.82, 2.24) is 10.6 Å². The zero-order valence-corrected chi connectivity index (χ0v) is 18.9. The molecule has 16 heteroatoms. The molecule has 0 bridgehead atoms. The highest BCUT2D eigenvalue weighted by molar-refractivity contribution is 5.76. The maximum absolute atomic E-state index is 12.1. The van der Waals surface area contributed by atoms with Gasteiger partial charge in [0.2, 0.25) is 11.8 Å². The summed E-state index contributed by atoms with van der Waals surface area (Å²) in [6.45, 7) is 0.409. The molecule has 2 amide bonds. The molecule has 0 saturated carbocycles. The molecule has 0 spiro atoms. The molecule has 202 valence electrons. The highest BCUT2D eigenvalue weighted by Gasteiger charge is 2.56. The number of carboxylic acids is 1. The van der Waals surface area contributed by atoms with Crippen LogP contribution in [0, 0.1) is 0 Å². The predicted molar refractivity (Wildman–Crippen MR) is 109 cm³/mol. The summed E-state index contributed by atoms with van der Waals surface area (Å²) >= 11 is 0. The van der Waals surface area contributed by atoms with Gasteiger partial charge in [0.1, 0.15) is 42.7 Å². The van der Waals surface area contributed by atoms with Crippen molar-refractivity contribution in [3.05, 3.63) is 0 Å². The van der Waals surface area contributed by atoms with Gasteiger partial charge in [-0.1, -0.05) is 0 Å². The second kappa shape index (κ2) is 11.8. The summed E-state index contributed by atoms with van der Waals surface area (Å²) in [5, 5.41) is 84.9. The lowest BCUT2D eigenvalue weighted by Crippen LogP contribution is -2.68. The molecule has 11 atom stereocenters. The fraction of sp³-hybridized carbons (Fsp3) is 0.842. The van der Waals surface area contributed by atoms with Gasteiger partial charge in [-0.15, -0.1) is 0 Å². The van der Waals surface area contributed by atoms with Gasteiger partial charge in [0.25, 0.3) is 5.79 Å². The predicted octanol–water partition coefficient (Wildman–Crippen LogP) is -5.90. The van der Waals surface area contributed by atoms with E-state index < -0.39 is 104 Å². The molecule has 2 aliphatic heterocycles. The second-order valence-electron chi connectivity index (χ2n) is 8.46. The van der Waals surface area contributed by atoms with E-state index in [1.807, 2.05) is 0 Å². The van der Waals surface area contributed by atoms with Crippen molar-refractivity contribution in [3.8, 4) is 0 Å². The fourth-order valence-corrected chi connectivity index (χ4v) is 3.97. The average Bonchev–Trinajstić information content (AvgIpc) is 2.78. The average molecular weight is 512 g/mol. The fourth-order valence-electron chi connectivity index (χ4n) is 3.97. The molecule has 2 heterocycles. The van der Waals surface area contributed by atoms with Crippen LogP contribution in [0.15, 0.2) is 0 Å². The Morgan fingerprint density at radius 2 is 1.60 bits per heavy atom. The summed E-state index contributed by atoms with van der Waals surface area (Å²) in [7, 11) is 0. The highest BCUT2D eigenvalue weighted by atomic mass is 16.7. The maximum atomic E-state index is 12.1.